The maximum Gasteiger partial charge on any atom is 0.314 e. The fraction of sp³-hybridized carbons (Fsp3) is 0.160. The summed E-state index contributed by atoms with van der Waals surface area (Å²) in [6.45, 7) is -0.0414. The van der Waals surface area contributed by atoms with Crippen LogP contribution >= 0.6 is 0 Å². The minimum absolute atomic E-state index is 0.0414. The topological polar surface area (TPSA) is 79.5 Å². The van der Waals surface area contributed by atoms with Gasteiger partial charge in [0.2, 0.25) is 5.89 Å². The molecule has 1 amide bonds. The van der Waals surface area contributed by atoms with E-state index in [4.69, 9.17) is 4.42 Å². The van der Waals surface area contributed by atoms with E-state index in [0.717, 1.165) is 24.3 Å². The van der Waals surface area contributed by atoms with Gasteiger partial charge in [-0.3, -0.25) is 4.79 Å². The van der Waals surface area contributed by atoms with Crippen LogP contribution in [0.3, 0.4) is 0 Å². The molecule has 2 unspecified atom stereocenters. The first-order chi connectivity index (χ1) is 17.2. The Bertz CT molecular complexity index is 1440. The van der Waals surface area contributed by atoms with E-state index in [9.17, 15) is 31.9 Å². The molecule has 5 rings (SSSR count). The Kier molecular flexibility index (Phi) is 6.00. The van der Waals surface area contributed by atoms with Gasteiger partial charge in [-0.05, 0) is 41.5 Å². The Morgan fingerprint density at radius 2 is 1.64 bits per heavy atom. The molecule has 0 radical (unpaired) electrons. The normalized spacial score (nSPS) is 14.9. The maximum atomic E-state index is 14.9. The Labute approximate surface area is 200 Å². The fourth-order valence-corrected chi connectivity index (χ4v) is 4.21. The molecule has 184 valence electrons. The van der Waals surface area contributed by atoms with Crippen molar-refractivity contribution in [3.05, 3.63) is 106 Å². The molecule has 2 atom stereocenters. The summed E-state index contributed by atoms with van der Waals surface area (Å²) >= 11 is 0. The third-order valence-electron chi connectivity index (χ3n) is 5.94. The van der Waals surface area contributed by atoms with Crippen LogP contribution in [-0.4, -0.2) is 26.1 Å². The van der Waals surface area contributed by atoms with Gasteiger partial charge in [0.15, 0.2) is 0 Å². The molecule has 0 bridgehead atoms. The molecule has 11 heteroatoms. The zero-order valence-corrected chi connectivity index (χ0v) is 18.2. The van der Waals surface area contributed by atoms with Crippen LogP contribution in [0.15, 0.2) is 65.1 Å². The lowest BCUT2D eigenvalue weighted by Gasteiger charge is -2.32. The summed E-state index contributed by atoms with van der Waals surface area (Å²) in [7, 11) is 0. The van der Waals surface area contributed by atoms with Crippen LogP contribution in [0.4, 0.5) is 22.0 Å². The molecule has 6 nitrogen and oxygen atoms in total. The fourth-order valence-electron chi connectivity index (χ4n) is 4.21. The highest BCUT2D eigenvalue weighted by Crippen LogP contribution is 2.41. The number of rotatable bonds is 6. The van der Waals surface area contributed by atoms with Gasteiger partial charge in [0.05, 0.1) is 6.04 Å². The average Bonchev–Trinajstić information content (AvgIpc) is 3.47. The molecular weight excluding hydrogens is 485 g/mol. The van der Waals surface area contributed by atoms with Crippen LogP contribution in [-0.2, 0) is 6.54 Å². The molecule has 36 heavy (non-hydrogen) atoms. The van der Waals surface area contributed by atoms with Crippen molar-refractivity contribution in [1.82, 2.24) is 15.1 Å². The second-order valence-corrected chi connectivity index (χ2v) is 8.16. The standard InChI is InChI=1S/C25H16F5N3O3/c26-15-5-3-12(4-6-15)21(34)20(17-8-7-16(27)10-19(17)28)33-11-14-2-1-13(9-18(14)25(33)35)23-31-32-24(36-23)22(29)30/h1-10,20-22,34H,11H2. The van der Waals surface area contributed by atoms with Gasteiger partial charge in [-0.1, -0.05) is 24.3 Å². The smallest absolute Gasteiger partial charge is 0.314 e. The van der Waals surface area contributed by atoms with E-state index in [1.165, 1.54) is 29.2 Å². The van der Waals surface area contributed by atoms with Crippen LogP contribution in [0.25, 0.3) is 11.5 Å². The molecule has 1 aliphatic rings. The number of aromatic nitrogens is 2. The van der Waals surface area contributed by atoms with E-state index in [1.807, 2.05) is 0 Å². The number of hydrogen-bond donors (Lipinski definition) is 1. The molecule has 4 aromatic rings. The summed E-state index contributed by atoms with van der Waals surface area (Å²) in [5.41, 5.74) is 0.944. The van der Waals surface area contributed by atoms with E-state index in [0.29, 0.717) is 11.6 Å². The number of aliphatic hydroxyl groups is 1. The molecule has 0 fully saturated rings. The Hall–Kier alpha value is -4.12. The number of halogens is 5. The van der Waals surface area contributed by atoms with Gasteiger partial charge in [0.25, 0.3) is 11.8 Å². The van der Waals surface area contributed by atoms with Gasteiger partial charge in [0.1, 0.15) is 23.6 Å². The number of nitrogens with zero attached hydrogens (tertiary/aromatic N) is 3. The molecule has 1 N–H and O–H groups in total. The van der Waals surface area contributed by atoms with Crippen molar-refractivity contribution in [3.8, 4) is 11.5 Å². The molecule has 1 aromatic heterocycles. The van der Waals surface area contributed by atoms with Gasteiger partial charge >= 0.3 is 6.43 Å². The second kappa shape index (κ2) is 9.15. The quantitative estimate of drug-likeness (QED) is 0.352. The number of aliphatic hydroxyl groups excluding tert-OH is 1. The molecule has 0 spiro atoms. The summed E-state index contributed by atoms with van der Waals surface area (Å²) in [6.07, 6.45) is -4.45. The maximum absolute atomic E-state index is 14.9. The summed E-state index contributed by atoms with van der Waals surface area (Å²) in [4.78, 5) is 14.7. The number of fused-ring (bicyclic) bond motifs is 1. The number of carbonyl (C=O) groups excluding carboxylic acids is 1. The van der Waals surface area contributed by atoms with E-state index in [1.54, 1.807) is 6.07 Å². The van der Waals surface area contributed by atoms with E-state index in [2.05, 4.69) is 10.2 Å². The lowest BCUT2D eigenvalue weighted by molar-refractivity contribution is 0.0349. The minimum atomic E-state index is -2.96. The highest BCUT2D eigenvalue weighted by atomic mass is 19.3. The first-order valence-electron chi connectivity index (χ1n) is 10.7. The van der Waals surface area contributed by atoms with Crippen molar-refractivity contribution < 1.29 is 36.3 Å². The Morgan fingerprint density at radius 1 is 0.917 bits per heavy atom. The number of hydrogen-bond acceptors (Lipinski definition) is 5. The molecule has 0 saturated carbocycles. The second-order valence-electron chi connectivity index (χ2n) is 8.16. The number of carbonyl (C=O) groups is 1. The first kappa shape index (κ1) is 23.6. The van der Waals surface area contributed by atoms with Crippen LogP contribution in [0.1, 0.15) is 51.5 Å². The largest absolute Gasteiger partial charge is 0.415 e. The molecule has 2 heterocycles. The van der Waals surface area contributed by atoms with Gasteiger partial charge in [-0.25, -0.2) is 13.2 Å². The molecule has 0 aliphatic carbocycles. The van der Waals surface area contributed by atoms with Gasteiger partial charge in [-0.15, -0.1) is 10.2 Å². The van der Waals surface area contributed by atoms with Crippen LogP contribution in [0.5, 0.6) is 0 Å². The predicted molar refractivity (Wildman–Crippen MR) is 115 cm³/mol. The van der Waals surface area contributed by atoms with Gasteiger partial charge in [-0.2, -0.15) is 8.78 Å². The third kappa shape index (κ3) is 4.22. The summed E-state index contributed by atoms with van der Waals surface area (Å²) < 4.78 is 72.5. The van der Waals surface area contributed by atoms with Crippen molar-refractivity contribution >= 4 is 5.91 Å². The molecule has 0 saturated heterocycles. The number of amides is 1. The van der Waals surface area contributed by atoms with Crippen molar-refractivity contribution in [3.63, 3.8) is 0 Å². The first-order valence-corrected chi connectivity index (χ1v) is 10.7. The lowest BCUT2D eigenvalue weighted by Crippen LogP contribution is -2.34. The van der Waals surface area contributed by atoms with Gasteiger partial charge < -0.3 is 14.4 Å². The molecule has 3 aromatic carbocycles. The van der Waals surface area contributed by atoms with Crippen LogP contribution < -0.4 is 0 Å². The van der Waals surface area contributed by atoms with Crippen molar-refractivity contribution in [2.24, 2.45) is 0 Å². The van der Waals surface area contributed by atoms with Gasteiger partial charge in [0, 0.05) is 29.3 Å². The van der Waals surface area contributed by atoms with E-state index in [-0.39, 0.29) is 34.7 Å². The van der Waals surface area contributed by atoms with Crippen molar-refractivity contribution in [1.29, 1.82) is 0 Å². The van der Waals surface area contributed by atoms with E-state index >= 15 is 0 Å². The Balaban J connectivity index is 1.54. The SMILES string of the molecule is O=C1c2cc(-c3nnc(C(F)F)o3)ccc2CN1C(c1ccc(F)cc1F)C(O)c1ccc(F)cc1. The van der Waals surface area contributed by atoms with Crippen molar-refractivity contribution in [2.75, 3.05) is 0 Å². The zero-order valence-electron chi connectivity index (χ0n) is 18.2. The summed E-state index contributed by atoms with van der Waals surface area (Å²) in [5, 5.41) is 18.0. The van der Waals surface area contributed by atoms with Crippen molar-refractivity contribution in [2.45, 2.75) is 25.1 Å². The lowest BCUT2D eigenvalue weighted by atomic mass is 9.94. The third-order valence-corrected chi connectivity index (χ3v) is 5.94. The number of alkyl halides is 2. The summed E-state index contributed by atoms with van der Waals surface area (Å²) in [6, 6.07) is 10.7. The zero-order chi connectivity index (χ0) is 25.6. The highest BCUT2D eigenvalue weighted by Gasteiger charge is 2.39. The van der Waals surface area contributed by atoms with Crippen LogP contribution in [0.2, 0.25) is 0 Å². The average molecular weight is 501 g/mol. The minimum Gasteiger partial charge on any atom is -0.415 e. The Morgan fingerprint density at radius 3 is 2.31 bits per heavy atom. The molecular formula is C25H16F5N3O3. The van der Waals surface area contributed by atoms with Crippen LogP contribution in [0, 0.1) is 17.5 Å². The highest BCUT2D eigenvalue weighted by molar-refractivity contribution is 5.99. The number of benzene rings is 3. The monoisotopic (exact) mass is 501 g/mol. The predicted octanol–water partition coefficient (Wildman–Crippen LogP) is 5.52. The summed E-state index contributed by atoms with van der Waals surface area (Å²) in [5.74, 6) is -4.05. The molecule has 1 aliphatic heterocycles. The van der Waals surface area contributed by atoms with E-state index < -0.39 is 47.8 Å².